The van der Waals surface area contributed by atoms with E-state index >= 15 is 0 Å². The maximum atomic E-state index is 12.9. The Hall–Kier alpha value is -3.06. The average molecular weight is 466 g/mol. The number of aryl methyl sites for hydroxylation is 2. The Morgan fingerprint density at radius 3 is 2.73 bits per heavy atom. The summed E-state index contributed by atoms with van der Waals surface area (Å²) in [6, 6.07) is 9.53. The van der Waals surface area contributed by atoms with Crippen LogP contribution >= 0.6 is 11.3 Å². The Bertz CT molecular complexity index is 1240. The van der Waals surface area contributed by atoms with Gasteiger partial charge in [0.15, 0.2) is 18.1 Å². The molecule has 172 valence electrons. The minimum atomic E-state index is -0.420. The van der Waals surface area contributed by atoms with Crippen molar-refractivity contribution >= 4 is 23.1 Å². The van der Waals surface area contributed by atoms with Gasteiger partial charge in [-0.05, 0) is 68.9 Å². The summed E-state index contributed by atoms with van der Waals surface area (Å²) in [5, 5.41) is 0. The molecule has 1 unspecified atom stereocenters. The summed E-state index contributed by atoms with van der Waals surface area (Å²) in [4.78, 5) is 27.4. The highest BCUT2D eigenvalue weighted by molar-refractivity contribution is 7.14. The number of thiophene rings is 1. The zero-order valence-electron chi connectivity index (χ0n) is 19.1. The van der Waals surface area contributed by atoms with Crippen molar-refractivity contribution in [2.45, 2.75) is 40.0 Å². The summed E-state index contributed by atoms with van der Waals surface area (Å²) in [7, 11) is 0. The fourth-order valence-electron chi connectivity index (χ4n) is 4.70. The van der Waals surface area contributed by atoms with Gasteiger partial charge in [-0.25, -0.2) is 4.79 Å². The number of fused-ring (bicyclic) bond motifs is 2. The number of nitrogens with zero attached hydrogens (tertiary/aromatic N) is 1. The van der Waals surface area contributed by atoms with Gasteiger partial charge in [-0.15, -0.1) is 11.3 Å². The molecular formula is C26H27NO5S. The summed E-state index contributed by atoms with van der Waals surface area (Å²) < 4.78 is 18.7. The lowest BCUT2D eigenvalue weighted by molar-refractivity contribution is 0.0479. The fourth-order valence-corrected chi connectivity index (χ4v) is 5.80. The summed E-state index contributed by atoms with van der Waals surface area (Å²) >= 11 is 1.50. The Kier molecular flexibility index (Phi) is 5.74. The van der Waals surface area contributed by atoms with Gasteiger partial charge in [0.25, 0.3) is 0 Å². The van der Waals surface area contributed by atoms with E-state index in [1.54, 1.807) is 0 Å². The smallest absolute Gasteiger partial charge is 0.348 e. The summed E-state index contributed by atoms with van der Waals surface area (Å²) in [6.45, 7) is 6.86. The Morgan fingerprint density at radius 2 is 1.91 bits per heavy atom. The van der Waals surface area contributed by atoms with E-state index in [1.165, 1.54) is 21.8 Å². The van der Waals surface area contributed by atoms with E-state index in [0.29, 0.717) is 35.3 Å². The molecular weight excluding hydrogens is 438 g/mol. The van der Waals surface area contributed by atoms with Crippen LogP contribution in [0.25, 0.3) is 5.69 Å². The molecule has 3 heterocycles. The van der Waals surface area contributed by atoms with Crippen molar-refractivity contribution in [3.05, 3.63) is 62.6 Å². The Labute approximate surface area is 197 Å². The van der Waals surface area contributed by atoms with Crippen molar-refractivity contribution in [3.8, 4) is 17.2 Å². The third kappa shape index (κ3) is 4.17. The van der Waals surface area contributed by atoms with Crippen LogP contribution in [0.3, 0.4) is 0 Å². The monoisotopic (exact) mass is 465 g/mol. The molecule has 0 saturated carbocycles. The highest BCUT2D eigenvalue weighted by Crippen LogP contribution is 2.34. The first-order valence-electron chi connectivity index (χ1n) is 11.3. The molecule has 5 rings (SSSR count). The van der Waals surface area contributed by atoms with Gasteiger partial charge in [-0.1, -0.05) is 6.92 Å². The van der Waals surface area contributed by atoms with Crippen LogP contribution in [-0.2, 0) is 17.6 Å². The topological polar surface area (TPSA) is 66.8 Å². The number of ether oxygens (including phenoxy) is 3. The van der Waals surface area contributed by atoms with Gasteiger partial charge in [0.05, 0.1) is 0 Å². The molecule has 7 heteroatoms. The molecule has 1 atom stereocenters. The van der Waals surface area contributed by atoms with Gasteiger partial charge < -0.3 is 18.8 Å². The second kappa shape index (κ2) is 8.71. The molecule has 0 spiro atoms. The van der Waals surface area contributed by atoms with Crippen molar-refractivity contribution in [3.63, 3.8) is 0 Å². The predicted molar refractivity (Wildman–Crippen MR) is 126 cm³/mol. The molecule has 1 aliphatic carbocycles. The first kappa shape index (κ1) is 21.8. The molecule has 2 aliphatic rings. The van der Waals surface area contributed by atoms with E-state index < -0.39 is 5.97 Å². The number of esters is 1. The van der Waals surface area contributed by atoms with E-state index in [2.05, 4.69) is 6.92 Å². The van der Waals surface area contributed by atoms with Crippen molar-refractivity contribution in [2.24, 2.45) is 5.92 Å². The van der Waals surface area contributed by atoms with E-state index in [-0.39, 0.29) is 12.4 Å². The van der Waals surface area contributed by atoms with Crippen LogP contribution in [0.4, 0.5) is 0 Å². The Morgan fingerprint density at radius 1 is 1.12 bits per heavy atom. The normalized spacial score (nSPS) is 16.9. The number of ketones is 1. The predicted octanol–water partition coefficient (Wildman–Crippen LogP) is 5.09. The zero-order chi connectivity index (χ0) is 23.1. The number of carbonyl (C=O) groups excluding carboxylic acids is 2. The van der Waals surface area contributed by atoms with Crippen LogP contribution in [0.1, 0.15) is 55.2 Å². The molecule has 0 bridgehead atoms. The molecule has 0 saturated heterocycles. The minimum Gasteiger partial charge on any atom is -0.486 e. The maximum absolute atomic E-state index is 12.9. The number of aromatic nitrogens is 1. The number of carbonyl (C=O) groups is 2. The van der Waals surface area contributed by atoms with E-state index in [9.17, 15) is 9.59 Å². The molecule has 1 aromatic carbocycles. The lowest BCUT2D eigenvalue weighted by Gasteiger charge is -2.20. The van der Waals surface area contributed by atoms with Gasteiger partial charge in [0.2, 0.25) is 5.78 Å². The SMILES string of the molecule is Cc1cc(C(=O)COC(=O)c2cc3c(s2)CCC(C)C3)c(C)n1-c1ccc2c(c1)OCCO2. The van der Waals surface area contributed by atoms with E-state index in [0.717, 1.165) is 42.1 Å². The van der Waals surface area contributed by atoms with Crippen LogP contribution in [0.2, 0.25) is 0 Å². The van der Waals surface area contributed by atoms with Crippen LogP contribution in [-0.4, -0.2) is 36.1 Å². The van der Waals surface area contributed by atoms with Crippen LogP contribution in [0, 0.1) is 19.8 Å². The number of hydrogen-bond acceptors (Lipinski definition) is 6. The lowest BCUT2D eigenvalue weighted by Crippen LogP contribution is -2.16. The molecule has 6 nitrogen and oxygen atoms in total. The van der Waals surface area contributed by atoms with E-state index in [1.807, 2.05) is 48.7 Å². The molecule has 3 aromatic rings. The number of benzene rings is 1. The maximum Gasteiger partial charge on any atom is 0.348 e. The zero-order valence-corrected chi connectivity index (χ0v) is 19.9. The van der Waals surface area contributed by atoms with Crippen LogP contribution in [0.5, 0.6) is 11.5 Å². The summed E-state index contributed by atoms with van der Waals surface area (Å²) in [6.07, 6.45) is 3.17. The molecule has 0 amide bonds. The third-order valence-corrected chi connectivity index (χ3v) is 7.60. The highest BCUT2D eigenvalue weighted by atomic mass is 32.1. The number of Topliss-reactive ketones (excluding diaryl/α,β-unsaturated/α-hetero) is 1. The first-order chi connectivity index (χ1) is 15.9. The summed E-state index contributed by atoms with van der Waals surface area (Å²) in [5.41, 5.74) is 4.41. The highest BCUT2D eigenvalue weighted by Gasteiger charge is 2.23. The van der Waals surface area contributed by atoms with Crippen LogP contribution < -0.4 is 9.47 Å². The van der Waals surface area contributed by atoms with Gasteiger partial charge in [-0.3, -0.25) is 4.79 Å². The van der Waals surface area contributed by atoms with Crippen LogP contribution in [0.15, 0.2) is 30.3 Å². The van der Waals surface area contributed by atoms with Crippen molar-refractivity contribution < 1.29 is 23.8 Å². The van der Waals surface area contributed by atoms with Crippen molar-refractivity contribution in [1.29, 1.82) is 0 Å². The Balaban J connectivity index is 1.30. The fraction of sp³-hybridized carbons (Fsp3) is 0.385. The largest absolute Gasteiger partial charge is 0.486 e. The van der Waals surface area contributed by atoms with Gasteiger partial charge >= 0.3 is 5.97 Å². The van der Waals surface area contributed by atoms with Gasteiger partial charge in [-0.2, -0.15) is 0 Å². The molecule has 1 aliphatic heterocycles. The lowest BCUT2D eigenvalue weighted by atomic mass is 9.90. The summed E-state index contributed by atoms with van der Waals surface area (Å²) in [5.74, 6) is 1.43. The molecule has 33 heavy (non-hydrogen) atoms. The molecule has 0 radical (unpaired) electrons. The van der Waals surface area contributed by atoms with Crippen molar-refractivity contribution in [2.75, 3.05) is 19.8 Å². The first-order valence-corrected chi connectivity index (χ1v) is 12.1. The second-order valence-electron chi connectivity index (χ2n) is 8.85. The quantitative estimate of drug-likeness (QED) is 0.388. The van der Waals surface area contributed by atoms with Crippen molar-refractivity contribution in [1.82, 2.24) is 4.57 Å². The number of rotatable bonds is 5. The van der Waals surface area contributed by atoms with Gasteiger partial charge in [0.1, 0.15) is 18.1 Å². The number of hydrogen-bond donors (Lipinski definition) is 0. The molecule has 0 N–H and O–H groups in total. The molecule has 2 aromatic heterocycles. The standard InChI is InChI=1S/C26H27NO5S/c1-15-4-7-24-18(10-15)12-25(33-24)26(29)32-14-21(28)20-11-16(2)27(17(20)3)19-5-6-22-23(13-19)31-9-8-30-22/h5-6,11-13,15H,4,7-10,14H2,1-3H3. The molecule has 0 fully saturated rings. The average Bonchev–Trinajstić information content (AvgIpc) is 3.36. The third-order valence-electron chi connectivity index (χ3n) is 6.38. The van der Waals surface area contributed by atoms with E-state index in [4.69, 9.17) is 14.2 Å². The minimum absolute atomic E-state index is 0.213. The second-order valence-corrected chi connectivity index (χ2v) is 9.99. The van der Waals surface area contributed by atoms with Gasteiger partial charge in [0, 0.05) is 33.6 Å².